The number of amides is 1. The summed E-state index contributed by atoms with van der Waals surface area (Å²) in [4.78, 5) is 15.3. The van der Waals surface area contributed by atoms with Gasteiger partial charge in [-0.2, -0.15) is 4.73 Å². The number of thiophene rings is 1. The quantitative estimate of drug-likeness (QED) is 0.474. The van der Waals surface area contributed by atoms with Gasteiger partial charge >= 0.3 is 0 Å². The lowest BCUT2D eigenvalue weighted by molar-refractivity contribution is -0.604. The monoisotopic (exact) mass is 370 g/mol. The maximum atomic E-state index is 12.8. The Hall–Kier alpha value is -3.06. The van der Waals surface area contributed by atoms with Crippen molar-refractivity contribution in [2.24, 2.45) is 0 Å². The molecule has 0 saturated carbocycles. The Balaban J connectivity index is 1.75. The van der Waals surface area contributed by atoms with Crippen LogP contribution in [0.15, 0.2) is 66.3 Å². The molecule has 0 radical (unpaired) electrons. The predicted octanol–water partition coefficient (Wildman–Crippen LogP) is 3.00. The number of nitrogens with zero attached hydrogens (tertiary/aromatic N) is 2. The minimum atomic E-state index is -0.243. The van der Waals surface area contributed by atoms with E-state index in [9.17, 15) is 10.0 Å². The van der Waals surface area contributed by atoms with E-state index in [-0.39, 0.29) is 12.5 Å². The maximum absolute atomic E-state index is 12.8. The summed E-state index contributed by atoms with van der Waals surface area (Å²) in [6.45, 7) is 0.230. The SMILES string of the molecule is COc1cccc(OCC(=O)N(Cc2cccs2)c2ccc[n+]([O-])c2)c1. The van der Waals surface area contributed by atoms with Crippen LogP contribution in [0.25, 0.3) is 0 Å². The lowest BCUT2D eigenvalue weighted by Crippen LogP contribution is -2.36. The Kier molecular flexibility index (Phi) is 5.70. The number of benzene rings is 1. The van der Waals surface area contributed by atoms with E-state index in [0.29, 0.717) is 28.5 Å². The Morgan fingerprint density at radius 1 is 1.19 bits per heavy atom. The first-order valence-electron chi connectivity index (χ1n) is 7.94. The molecule has 0 aliphatic rings. The molecule has 26 heavy (non-hydrogen) atoms. The van der Waals surface area contributed by atoms with Crippen molar-refractivity contribution < 1.29 is 19.0 Å². The number of hydrogen-bond donors (Lipinski definition) is 0. The van der Waals surface area contributed by atoms with E-state index < -0.39 is 0 Å². The molecule has 2 heterocycles. The average molecular weight is 370 g/mol. The van der Waals surface area contributed by atoms with E-state index in [1.807, 2.05) is 17.5 Å². The number of methoxy groups -OCH3 is 1. The van der Waals surface area contributed by atoms with Gasteiger partial charge in [-0.1, -0.05) is 12.1 Å². The van der Waals surface area contributed by atoms with Crippen LogP contribution in [0.4, 0.5) is 5.69 Å². The zero-order chi connectivity index (χ0) is 18.4. The summed E-state index contributed by atoms with van der Waals surface area (Å²) in [6.07, 6.45) is 2.75. The van der Waals surface area contributed by atoms with Gasteiger partial charge in [0.15, 0.2) is 12.8 Å². The summed E-state index contributed by atoms with van der Waals surface area (Å²) in [5, 5.41) is 13.6. The largest absolute Gasteiger partial charge is 0.619 e. The van der Waals surface area contributed by atoms with Gasteiger partial charge in [-0.05, 0) is 29.6 Å². The summed E-state index contributed by atoms with van der Waals surface area (Å²) in [6, 6.07) is 14.3. The average Bonchev–Trinajstić information content (AvgIpc) is 3.17. The first-order valence-corrected chi connectivity index (χ1v) is 8.82. The summed E-state index contributed by atoms with van der Waals surface area (Å²) in [5.41, 5.74) is 0.523. The predicted molar refractivity (Wildman–Crippen MR) is 99.4 cm³/mol. The molecule has 7 heteroatoms. The third-order valence-electron chi connectivity index (χ3n) is 3.67. The van der Waals surface area contributed by atoms with Crippen molar-refractivity contribution in [1.29, 1.82) is 0 Å². The number of pyridine rings is 1. The Labute approximate surface area is 155 Å². The van der Waals surface area contributed by atoms with E-state index in [1.165, 1.54) is 12.4 Å². The number of carbonyl (C=O) groups excluding carboxylic acids is 1. The van der Waals surface area contributed by atoms with Gasteiger partial charge in [0.25, 0.3) is 5.91 Å². The molecule has 3 aromatic rings. The Morgan fingerprint density at radius 2 is 2.04 bits per heavy atom. The lowest BCUT2D eigenvalue weighted by atomic mass is 10.3. The molecule has 0 aliphatic heterocycles. The van der Waals surface area contributed by atoms with Crippen LogP contribution in [-0.4, -0.2) is 19.6 Å². The van der Waals surface area contributed by atoms with Crippen molar-refractivity contribution in [3.63, 3.8) is 0 Å². The molecular weight excluding hydrogens is 352 g/mol. The van der Waals surface area contributed by atoms with Crippen molar-refractivity contribution >= 4 is 22.9 Å². The van der Waals surface area contributed by atoms with E-state index in [0.717, 1.165) is 4.88 Å². The topological polar surface area (TPSA) is 65.7 Å². The first kappa shape index (κ1) is 17.8. The smallest absolute Gasteiger partial charge is 0.265 e. The third-order valence-corrected chi connectivity index (χ3v) is 4.53. The zero-order valence-corrected chi connectivity index (χ0v) is 15.0. The molecule has 1 aromatic carbocycles. The highest BCUT2D eigenvalue weighted by molar-refractivity contribution is 7.09. The van der Waals surface area contributed by atoms with Gasteiger partial charge in [-0.25, -0.2) is 0 Å². The number of carbonyl (C=O) groups is 1. The number of rotatable bonds is 7. The minimum absolute atomic E-state index is 0.147. The van der Waals surface area contributed by atoms with Gasteiger partial charge in [-0.15, -0.1) is 11.3 Å². The van der Waals surface area contributed by atoms with Crippen LogP contribution in [0.1, 0.15) is 4.88 Å². The molecule has 134 valence electrons. The molecule has 0 unspecified atom stereocenters. The second kappa shape index (κ2) is 8.35. The zero-order valence-electron chi connectivity index (χ0n) is 14.2. The van der Waals surface area contributed by atoms with E-state index >= 15 is 0 Å². The Bertz CT molecular complexity index is 867. The fraction of sp³-hybridized carbons (Fsp3) is 0.158. The molecule has 0 saturated heterocycles. The second-order valence-electron chi connectivity index (χ2n) is 5.45. The van der Waals surface area contributed by atoms with Crippen LogP contribution in [0, 0.1) is 5.21 Å². The molecule has 0 fully saturated rings. The highest BCUT2D eigenvalue weighted by atomic mass is 32.1. The fourth-order valence-corrected chi connectivity index (χ4v) is 3.09. The number of hydrogen-bond acceptors (Lipinski definition) is 5. The van der Waals surface area contributed by atoms with Crippen LogP contribution in [-0.2, 0) is 11.3 Å². The first-order chi connectivity index (χ1) is 12.7. The normalized spacial score (nSPS) is 10.3. The fourth-order valence-electron chi connectivity index (χ4n) is 2.40. The third kappa shape index (κ3) is 4.52. The molecule has 6 nitrogen and oxygen atoms in total. The highest BCUT2D eigenvalue weighted by Crippen LogP contribution is 2.21. The molecule has 0 spiro atoms. The summed E-state index contributed by atoms with van der Waals surface area (Å²) in [7, 11) is 1.57. The van der Waals surface area contributed by atoms with Crippen molar-refractivity contribution in [1.82, 2.24) is 0 Å². The molecule has 0 atom stereocenters. The molecular formula is C19H18N2O4S. The minimum Gasteiger partial charge on any atom is -0.619 e. The molecule has 2 aromatic heterocycles. The van der Waals surface area contributed by atoms with Crippen LogP contribution < -0.4 is 19.1 Å². The van der Waals surface area contributed by atoms with Gasteiger partial charge in [0.2, 0.25) is 6.20 Å². The van der Waals surface area contributed by atoms with E-state index in [4.69, 9.17) is 9.47 Å². The van der Waals surface area contributed by atoms with Gasteiger partial charge in [0.05, 0.1) is 13.7 Å². The van der Waals surface area contributed by atoms with Crippen molar-refractivity contribution in [3.8, 4) is 11.5 Å². The van der Waals surface area contributed by atoms with Crippen LogP contribution in [0.2, 0.25) is 0 Å². The molecule has 0 aliphatic carbocycles. The van der Waals surface area contributed by atoms with Crippen molar-refractivity contribution in [3.05, 3.63) is 76.4 Å². The van der Waals surface area contributed by atoms with E-state index in [2.05, 4.69) is 0 Å². The van der Waals surface area contributed by atoms with Crippen LogP contribution >= 0.6 is 11.3 Å². The molecule has 0 bridgehead atoms. The van der Waals surface area contributed by atoms with Gasteiger partial charge in [0, 0.05) is 17.0 Å². The lowest BCUT2D eigenvalue weighted by Gasteiger charge is -2.21. The van der Waals surface area contributed by atoms with Gasteiger partial charge in [-0.3, -0.25) is 9.69 Å². The van der Waals surface area contributed by atoms with Crippen molar-refractivity contribution in [2.45, 2.75) is 6.54 Å². The highest BCUT2D eigenvalue weighted by Gasteiger charge is 2.19. The van der Waals surface area contributed by atoms with Gasteiger partial charge < -0.3 is 14.7 Å². The van der Waals surface area contributed by atoms with Gasteiger partial charge in [0.1, 0.15) is 17.2 Å². The molecule has 0 N–H and O–H groups in total. The summed E-state index contributed by atoms with van der Waals surface area (Å²) in [5.74, 6) is 0.953. The maximum Gasteiger partial charge on any atom is 0.265 e. The second-order valence-corrected chi connectivity index (χ2v) is 6.48. The summed E-state index contributed by atoms with van der Waals surface area (Å²) < 4.78 is 11.4. The Morgan fingerprint density at radius 3 is 2.77 bits per heavy atom. The molecule has 3 rings (SSSR count). The van der Waals surface area contributed by atoms with Crippen LogP contribution in [0.5, 0.6) is 11.5 Å². The van der Waals surface area contributed by atoms with E-state index in [1.54, 1.807) is 59.7 Å². The van der Waals surface area contributed by atoms with Crippen LogP contribution in [0.3, 0.4) is 0 Å². The van der Waals surface area contributed by atoms with Crippen molar-refractivity contribution in [2.75, 3.05) is 18.6 Å². The number of aromatic nitrogens is 1. The number of anilines is 1. The summed E-state index contributed by atoms with van der Waals surface area (Å²) >= 11 is 1.55. The molecule has 1 amide bonds. The number of ether oxygens (including phenoxy) is 2. The standard InChI is InChI=1S/C19H18N2O4S/c1-24-16-6-2-7-17(11-16)25-14-19(22)21(13-18-8-4-10-26-18)15-5-3-9-20(23)12-15/h2-12H,13-14H2,1H3.